The van der Waals surface area contributed by atoms with Crippen LogP contribution in [0.15, 0.2) is 111 Å². The summed E-state index contributed by atoms with van der Waals surface area (Å²) in [6.45, 7) is 5.57. The molecule has 6 aliphatic heterocycles. The third-order valence-electron chi connectivity index (χ3n) is 19.9. The van der Waals surface area contributed by atoms with Crippen molar-refractivity contribution in [2.24, 2.45) is 32.7 Å². The molecule has 12 rings (SSSR count). The number of aliphatic hydroxyl groups excluding tert-OH is 1. The van der Waals surface area contributed by atoms with E-state index in [0.717, 1.165) is 96.0 Å². The van der Waals surface area contributed by atoms with Gasteiger partial charge in [0, 0.05) is 89.0 Å². The molecule has 4 N–H and O–H groups in total. The number of aryl methyl sites for hydroxylation is 1. The fourth-order valence-electron chi connectivity index (χ4n) is 14.1. The number of carbonyl (C=O) groups is 3. The Morgan fingerprint density at radius 3 is 1.16 bits per heavy atom. The number of aliphatic hydroxyl groups is 1. The first kappa shape index (κ1) is 81.8. The van der Waals surface area contributed by atoms with Gasteiger partial charge in [0.25, 0.3) is 17.7 Å². The van der Waals surface area contributed by atoms with Crippen LogP contribution in [0.5, 0.6) is 17.2 Å². The Kier molecular flexibility index (Phi) is 31.8. The van der Waals surface area contributed by atoms with Crippen LogP contribution < -0.4 is 30.2 Å². The van der Waals surface area contributed by atoms with Gasteiger partial charge in [-0.1, -0.05) is 116 Å². The van der Waals surface area contributed by atoms with Crippen molar-refractivity contribution >= 4 is 87.3 Å². The van der Waals surface area contributed by atoms with Gasteiger partial charge in [-0.2, -0.15) is 0 Å². The van der Waals surface area contributed by atoms with Gasteiger partial charge in [-0.3, -0.25) is 29.4 Å². The van der Waals surface area contributed by atoms with Crippen molar-refractivity contribution in [2.45, 2.75) is 164 Å². The SMILES string of the molecule is C=CCS(=O)(=O)N1CCC2(CC1)N=C(C1CCCCC1)NC2=O.CO.COc1ccc(/C=C/CS(=O)(=O)N2CCC3(CC2)N=C(C2CCCCC2)NC3=O)cc1.COc1ccc(Br)cc1.COc1ccc(CCCS(=O)(=O)N2CCC3(CC2)N=C(C2CCCCC2)NC3=O)cc1.[CH3-].[Pd]. The molecule has 3 aromatic carbocycles. The first-order valence-corrected chi connectivity index (χ1v) is 39.7. The molecule has 3 spiro atoms. The van der Waals surface area contributed by atoms with Crippen LogP contribution in [-0.4, -0.2) is 180 Å². The fraction of sp³-hybridized carbons (Fsp3) is 0.592. The molecule has 3 saturated carbocycles. The Labute approximate surface area is 605 Å². The van der Waals surface area contributed by atoms with Crippen LogP contribution in [-0.2, 0) is 71.3 Å². The number of amidine groups is 3. The largest absolute Gasteiger partial charge is 0.497 e. The Morgan fingerprint density at radius 2 is 0.827 bits per heavy atom. The smallest absolute Gasteiger partial charge is 0.253 e. The number of aliphatic imine (C=N–C) groups is 3. The molecule has 0 atom stereocenters. The molecule has 0 radical (unpaired) electrons. The molecule has 9 aliphatic rings. The van der Waals surface area contributed by atoms with Gasteiger partial charge in [0.05, 0.1) is 38.6 Å². The molecular weight excluding hydrogens is 1470 g/mol. The monoisotopic (exact) mass is 1570 g/mol. The Morgan fingerprint density at radius 1 is 0.510 bits per heavy atom. The van der Waals surface area contributed by atoms with Crippen molar-refractivity contribution in [2.75, 3.05) is 85.0 Å². The summed E-state index contributed by atoms with van der Waals surface area (Å²) < 4.78 is 96.3. The number of hydrogen-bond acceptors (Lipinski definition) is 16. The van der Waals surface area contributed by atoms with Crippen LogP contribution in [0.2, 0.25) is 0 Å². The number of methoxy groups -OCH3 is 3. The van der Waals surface area contributed by atoms with Crippen molar-refractivity contribution in [3.8, 4) is 17.2 Å². The molecule has 6 heterocycles. The van der Waals surface area contributed by atoms with Crippen LogP contribution >= 0.6 is 15.9 Å². The van der Waals surface area contributed by atoms with Gasteiger partial charge >= 0.3 is 0 Å². The van der Waals surface area contributed by atoms with Gasteiger partial charge < -0.3 is 42.7 Å². The molecule has 0 unspecified atom stereocenters. The number of halogens is 1. The average Bonchev–Trinajstić information content (AvgIpc) is 1.62. The number of benzene rings is 3. The third-order valence-corrected chi connectivity index (χ3v) is 26.0. The molecule has 3 amide bonds. The molecular formula is C71H103BrN9O13PdS3-. The minimum atomic E-state index is -3.42. The van der Waals surface area contributed by atoms with Crippen molar-refractivity contribution in [3.63, 3.8) is 0 Å². The molecule has 0 aromatic heterocycles. The van der Waals surface area contributed by atoms with E-state index in [1.165, 1.54) is 72.5 Å². The van der Waals surface area contributed by atoms with Crippen molar-refractivity contribution in [3.05, 3.63) is 115 Å². The predicted octanol–water partition coefficient (Wildman–Crippen LogP) is 9.84. The standard InChI is InChI=1S/C23H33N3O4S.C23H31N3O4S.C16H25N3O3S.C7H7BrO.CH4O.CH3.Pd/c2*1-30-20-11-9-18(10-12-20)6-5-17-31(28,29)26-15-13-23(14-16-26)22(27)24-21(25-23)19-7-3-2-4-8-19;1-2-12-23(21,22)19-10-8-16(9-11-19)15(20)17-14(18-16)13-6-4-3-5-7-13;1-9-7-4-2-6(8)3-5-7;1-2;;/h9-12,19H,2-8,13-17H2,1H3,(H,24,25,27);5-6,9-12,19H,2-4,7-8,13-17H2,1H3,(H,24,25,27);2,13H,1,3-12H2,(H,17,18,20);2-5H,1H3;2H,1H3;1H3;/q;;;;;-1;/b;6-5+;;;;;. The summed E-state index contributed by atoms with van der Waals surface area (Å²) in [6.07, 6.45) is 26.3. The first-order chi connectivity index (χ1) is 46.1. The maximum Gasteiger partial charge on any atom is 0.253 e. The number of nitrogens with one attached hydrogen (secondary N) is 3. The van der Waals surface area contributed by atoms with E-state index in [0.29, 0.717) is 108 Å². The minimum Gasteiger partial charge on any atom is -0.497 e. The fourth-order valence-corrected chi connectivity index (χ4v) is 18.4. The second-order valence-electron chi connectivity index (χ2n) is 26.1. The van der Waals surface area contributed by atoms with Gasteiger partial charge in [0.15, 0.2) is 0 Å². The van der Waals surface area contributed by atoms with Gasteiger partial charge in [0.2, 0.25) is 30.1 Å². The van der Waals surface area contributed by atoms with Crippen molar-refractivity contribution < 1.29 is 79.4 Å². The third kappa shape index (κ3) is 21.7. The van der Waals surface area contributed by atoms with Gasteiger partial charge in [0.1, 0.15) is 51.4 Å². The van der Waals surface area contributed by atoms with Crippen LogP contribution in [0.1, 0.15) is 152 Å². The molecule has 27 heteroatoms. The van der Waals surface area contributed by atoms with Crippen LogP contribution in [0.4, 0.5) is 0 Å². The van der Waals surface area contributed by atoms with E-state index in [1.807, 2.05) is 72.8 Å². The van der Waals surface area contributed by atoms with E-state index in [4.69, 9.17) is 34.3 Å². The van der Waals surface area contributed by atoms with Gasteiger partial charge in [-0.15, -0.1) is 6.58 Å². The molecule has 3 aliphatic carbocycles. The summed E-state index contributed by atoms with van der Waals surface area (Å²) in [5.41, 5.74) is -0.270. The van der Waals surface area contributed by atoms with Gasteiger partial charge in [-0.25, -0.2) is 38.2 Å². The summed E-state index contributed by atoms with van der Waals surface area (Å²) in [6, 6.07) is 22.9. The minimum absolute atomic E-state index is 0. The number of ether oxygens (including phenoxy) is 3. The van der Waals surface area contributed by atoms with Crippen LogP contribution in [0, 0.1) is 25.2 Å². The maximum absolute atomic E-state index is 12.8. The number of amides is 3. The number of carbonyl (C=O) groups excluding carboxylic acids is 3. The number of hydrogen-bond donors (Lipinski definition) is 4. The quantitative estimate of drug-likeness (QED) is 0.0525. The van der Waals surface area contributed by atoms with E-state index >= 15 is 0 Å². The van der Waals surface area contributed by atoms with Crippen molar-refractivity contribution in [1.82, 2.24) is 28.9 Å². The number of nitrogens with zero attached hydrogens (tertiary/aromatic N) is 6. The molecule has 22 nitrogen and oxygen atoms in total. The number of rotatable bonds is 18. The molecule has 3 saturated heterocycles. The second-order valence-corrected chi connectivity index (χ2v) is 33.1. The zero-order valence-electron chi connectivity index (χ0n) is 57.7. The summed E-state index contributed by atoms with van der Waals surface area (Å²) in [7, 11) is -4.16. The molecule has 98 heavy (non-hydrogen) atoms. The predicted molar refractivity (Wildman–Crippen MR) is 387 cm³/mol. The zero-order chi connectivity index (χ0) is 69.0. The van der Waals surface area contributed by atoms with Crippen LogP contribution in [0.3, 0.4) is 0 Å². The van der Waals surface area contributed by atoms with E-state index in [9.17, 15) is 39.6 Å². The molecule has 6 fully saturated rings. The average molecular weight is 1570 g/mol. The van der Waals surface area contributed by atoms with Gasteiger partial charge in [-0.05, 0) is 150 Å². The first-order valence-electron chi connectivity index (χ1n) is 34.1. The van der Waals surface area contributed by atoms with Crippen LogP contribution in [0.25, 0.3) is 6.08 Å². The second kappa shape index (κ2) is 38.2. The Balaban J connectivity index is 0.000000215. The molecule has 546 valence electrons. The number of piperidine rings is 3. The van der Waals surface area contributed by atoms with Crippen molar-refractivity contribution in [1.29, 1.82) is 0 Å². The summed E-state index contributed by atoms with van der Waals surface area (Å²) >= 11 is 3.32. The van der Waals surface area contributed by atoms with E-state index in [1.54, 1.807) is 37.8 Å². The molecule has 0 bridgehead atoms. The summed E-state index contributed by atoms with van der Waals surface area (Å²) in [5, 5.41) is 16.0. The summed E-state index contributed by atoms with van der Waals surface area (Å²) in [5.74, 6) is 5.92. The zero-order valence-corrected chi connectivity index (χ0v) is 63.3. The Bertz CT molecular complexity index is 3560. The van der Waals surface area contributed by atoms with E-state index in [-0.39, 0.29) is 62.8 Å². The maximum atomic E-state index is 12.8. The number of sulfonamides is 3. The van der Waals surface area contributed by atoms with E-state index in [2.05, 4.69) is 38.5 Å². The Hall–Kier alpha value is -5.21. The summed E-state index contributed by atoms with van der Waals surface area (Å²) in [4.78, 5) is 52.4. The normalized spacial score (nSPS) is 21.2. The molecule has 3 aromatic rings. The topological polar surface area (TPSA) is 284 Å². The van der Waals surface area contributed by atoms with E-state index < -0.39 is 46.7 Å².